The maximum Gasteiger partial charge on any atom is 0.123 e. The summed E-state index contributed by atoms with van der Waals surface area (Å²) in [6.07, 6.45) is 1.79. The lowest BCUT2D eigenvalue weighted by Gasteiger charge is -2.21. The van der Waals surface area contributed by atoms with E-state index in [1.807, 2.05) is 12.1 Å². The Morgan fingerprint density at radius 1 is 1.41 bits per heavy atom. The summed E-state index contributed by atoms with van der Waals surface area (Å²) in [6.45, 7) is 5.33. The third-order valence-corrected chi connectivity index (χ3v) is 2.82. The first kappa shape index (κ1) is 14.0. The average molecular weight is 237 g/mol. The molecule has 0 aliphatic carbocycles. The Balaban J connectivity index is 2.93. The second kappa shape index (κ2) is 7.30. The van der Waals surface area contributed by atoms with Gasteiger partial charge < -0.3 is 15.2 Å². The van der Waals surface area contributed by atoms with Crippen molar-refractivity contribution in [3.63, 3.8) is 0 Å². The van der Waals surface area contributed by atoms with Crippen molar-refractivity contribution >= 4 is 0 Å². The molecule has 0 heterocycles. The lowest BCUT2D eigenvalue weighted by molar-refractivity contribution is 0.263. The smallest absolute Gasteiger partial charge is 0.123 e. The fourth-order valence-electron chi connectivity index (χ4n) is 1.94. The summed E-state index contributed by atoms with van der Waals surface area (Å²) in [5.41, 5.74) is 2.34. The van der Waals surface area contributed by atoms with Crippen LogP contribution in [0.15, 0.2) is 18.2 Å². The molecular formula is C14H23NO2. The highest BCUT2D eigenvalue weighted by atomic mass is 16.5. The first-order chi connectivity index (χ1) is 8.22. The zero-order valence-electron chi connectivity index (χ0n) is 11.0. The maximum atomic E-state index is 9.15. The normalized spacial score (nSPS) is 12.5. The van der Waals surface area contributed by atoms with Crippen molar-refractivity contribution in [1.82, 2.24) is 5.32 Å². The van der Waals surface area contributed by atoms with E-state index in [0.717, 1.165) is 24.3 Å². The number of methoxy groups -OCH3 is 1. The summed E-state index contributed by atoms with van der Waals surface area (Å²) in [4.78, 5) is 0. The van der Waals surface area contributed by atoms with Crippen LogP contribution in [0.25, 0.3) is 0 Å². The Kier molecular flexibility index (Phi) is 6.01. The van der Waals surface area contributed by atoms with Crippen molar-refractivity contribution in [1.29, 1.82) is 0 Å². The number of aryl methyl sites for hydroxylation is 1. The van der Waals surface area contributed by atoms with Crippen LogP contribution in [0.3, 0.4) is 0 Å². The minimum absolute atomic E-state index is 0.162. The molecule has 1 rings (SSSR count). The van der Waals surface area contributed by atoms with Gasteiger partial charge >= 0.3 is 0 Å². The molecule has 0 aliphatic rings. The third kappa shape index (κ3) is 4.02. The van der Waals surface area contributed by atoms with Gasteiger partial charge in [0.15, 0.2) is 0 Å². The number of nitrogens with one attached hydrogen (secondary N) is 1. The summed E-state index contributed by atoms with van der Waals surface area (Å²) in [7, 11) is 1.68. The lowest BCUT2D eigenvalue weighted by atomic mass is 10.0. The molecule has 0 saturated heterocycles. The van der Waals surface area contributed by atoms with Crippen LogP contribution in [0, 0.1) is 6.92 Å². The van der Waals surface area contributed by atoms with Crippen molar-refractivity contribution in [3.8, 4) is 5.75 Å². The Labute approximate surface area is 104 Å². The number of aliphatic hydroxyl groups is 1. The third-order valence-electron chi connectivity index (χ3n) is 2.82. The van der Waals surface area contributed by atoms with Gasteiger partial charge in [0.1, 0.15) is 5.75 Å². The minimum Gasteiger partial charge on any atom is -0.496 e. The highest BCUT2D eigenvalue weighted by Gasteiger charge is 2.15. The maximum absolute atomic E-state index is 9.15. The first-order valence-electron chi connectivity index (χ1n) is 6.21. The van der Waals surface area contributed by atoms with Gasteiger partial charge in [-0.15, -0.1) is 0 Å². The predicted molar refractivity (Wildman–Crippen MR) is 70.5 cm³/mol. The van der Waals surface area contributed by atoms with Crippen molar-refractivity contribution in [2.45, 2.75) is 32.7 Å². The SMILES string of the molecule is CCCNC(CCO)c1cc(C)ccc1OC. The van der Waals surface area contributed by atoms with Crippen LogP contribution < -0.4 is 10.1 Å². The van der Waals surface area contributed by atoms with Gasteiger partial charge in [-0.2, -0.15) is 0 Å². The molecule has 17 heavy (non-hydrogen) atoms. The zero-order chi connectivity index (χ0) is 12.7. The number of aliphatic hydroxyl groups excluding tert-OH is 1. The van der Waals surface area contributed by atoms with Crippen LogP contribution in [0.2, 0.25) is 0 Å². The molecule has 0 amide bonds. The molecule has 0 radical (unpaired) electrons. The van der Waals surface area contributed by atoms with Gasteiger partial charge in [-0.1, -0.05) is 24.6 Å². The second-order valence-corrected chi connectivity index (χ2v) is 4.26. The highest BCUT2D eigenvalue weighted by Crippen LogP contribution is 2.28. The molecule has 1 atom stereocenters. The van der Waals surface area contributed by atoms with E-state index in [4.69, 9.17) is 9.84 Å². The minimum atomic E-state index is 0.162. The van der Waals surface area contributed by atoms with Gasteiger partial charge in [0.25, 0.3) is 0 Å². The predicted octanol–water partition coefficient (Wildman–Crippen LogP) is 2.43. The topological polar surface area (TPSA) is 41.5 Å². The van der Waals surface area contributed by atoms with E-state index in [1.54, 1.807) is 7.11 Å². The van der Waals surface area contributed by atoms with Crippen LogP contribution in [0.4, 0.5) is 0 Å². The Morgan fingerprint density at radius 2 is 2.18 bits per heavy atom. The number of rotatable bonds is 7. The van der Waals surface area contributed by atoms with Crippen LogP contribution in [0.1, 0.15) is 36.9 Å². The molecule has 1 aromatic carbocycles. The molecule has 0 spiro atoms. The summed E-state index contributed by atoms with van der Waals surface area (Å²) < 4.78 is 5.39. The standard InChI is InChI=1S/C14H23NO2/c1-4-8-15-13(7-9-16)12-10-11(2)5-6-14(12)17-3/h5-6,10,13,15-16H,4,7-9H2,1-3H3. The van der Waals surface area contributed by atoms with E-state index in [9.17, 15) is 0 Å². The van der Waals surface area contributed by atoms with Crippen LogP contribution in [-0.2, 0) is 0 Å². The average Bonchev–Trinajstić information content (AvgIpc) is 2.34. The molecule has 0 fully saturated rings. The summed E-state index contributed by atoms with van der Waals surface area (Å²) in [5, 5.41) is 12.6. The van der Waals surface area contributed by atoms with Crippen molar-refractivity contribution in [2.75, 3.05) is 20.3 Å². The molecule has 1 unspecified atom stereocenters. The molecule has 3 nitrogen and oxygen atoms in total. The van der Waals surface area contributed by atoms with Gasteiger partial charge in [0.05, 0.1) is 7.11 Å². The van der Waals surface area contributed by atoms with Gasteiger partial charge in [0, 0.05) is 18.2 Å². The number of ether oxygens (including phenoxy) is 1. The molecule has 0 aliphatic heterocycles. The van der Waals surface area contributed by atoms with Crippen LogP contribution in [-0.4, -0.2) is 25.4 Å². The number of benzene rings is 1. The van der Waals surface area contributed by atoms with Crippen molar-refractivity contribution in [3.05, 3.63) is 29.3 Å². The fraction of sp³-hybridized carbons (Fsp3) is 0.571. The van der Waals surface area contributed by atoms with E-state index in [2.05, 4.69) is 25.2 Å². The molecule has 1 aromatic rings. The van der Waals surface area contributed by atoms with Crippen LogP contribution >= 0.6 is 0 Å². The summed E-state index contributed by atoms with van der Waals surface area (Å²) in [5.74, 6) is 0.887. The molecule has 3 heteroatoms. The van der Waals surface area contributed by atoms with E-state index in [-0.39, 0.29) is 12.6 Å². The monoisotopic (exact) mass is 237 g/mol. The van der Waals surface area contributed by atoms with Crippen molar-refractivity contribution in [2.24, 2.45) is 0 Å². The Bertz CT molecular complexity index is 339. The van der Waals surface area contributed by atoms with Crippen molar-refractivity contribution < 1.29 is 9.84 Å². The largest absolute Gasteiger partial charge is 0.496 e. The van der Waals surface area contributed by atoms with E-state index >= 15 is 0 Å². The number of hydrogen-bond donors (Lipinski definition) is 2. The first-order valence-corrected chi connectivity index (χ1v) is 6.21. The molecule has 0 bridgehead atoms. The molecule has 2 N–H and O–H groups in total. The molecule has 0 saturated carbocycles. The Morgan fingerprint density at radius 3 is 2.76 bits per heavy atom. The van der Waals surface area contributed by atoms with E-state index in [1.165, 1.54) is 5.56 Å². The number of hydrogen-bond acceptors (Lipinski definition) is 3. The van der Waals surface area contributed by atoms with E-state index in [0.29, 0.717) is 6.42 Å². The molecular weight excluding hydrogens is 214 g/mol. The summed E-state index contributed by atoms with van der Waals surface area (Å²) >= 11 is 0. The zero-order valence-corrected chi connectivity index (χ0v) is 11.0. The van der Waals surface area contributed by atoms with Gasteiger partial charge in [0.2, 0.25) is 0 Å². The van der Waals surface area contributed by atoms with Crippen LogP contribution in [0.5, 0.6) is 5.75 Å². The Hall–Kier alpha value is -1.06. The lowest BCUT2D eigenvalue weighted by Crippen LogP contribution is -2.23. The van der Waals surface area contributed by atoms with Gasteiger partial charge in [-0.3, -0.25) is 0 Å². The fourth-order valence-corrected chi connectivity index (χ4v) is 1.94. The van der Waals surface area contributed by atoms with Gasteiger partial charge in [-0.05, 0) is 32.4 Å². The molecule has 96 valence electrons. The van der Waals surface area contributed by atoms with Gasteiger partial charge in [-0.25, -0.2) is 0 Å². The second-order valence-electron chi connectivity index (χ2n) is 4.26. The van der Waals surface area contributed by atoms with E-state index < -0.39 is 0 Å². The summed E-state index contributed by atoms with van der Waals surface area (Å²) in [6, 6.07) is 6.32. The quantitative estimate of drug-likeness (QED) is 0.765. The highest BCUT2D eigenvalue weighted by molar-refractivity contribution is 5.39. The molecule has 0 aromatic heterocycles.